The fraction of sp³-hybridized carbons (Fsp3) is 1.00. The minimum atomic E-state index is -1.26. The first-order chi connectivity index (χ1) is 4.22. The van der Waals surface area contributed by atoms with E-state index in [1.807, 2.05) is 0 Å². The molecule has 5 nitrogen and oxygen atoms in total. The Hall–Kier alpha value is 0.800. The van der Waals surface area contributed by atoms with Crippen molar-refractivity contribution < 1.29 is 55.1 Å². The second-order valence-electron chi connectivity index (χ2n) is 1.60. The van der Waals surface area contributed by atoms with Gasteiger partial charge in [-0.15, -0.1) is 0 Å². The van der Waals surface area contributed by atoms with Crippen molar-refractivity contribution in [1.82, 2.24) is 0 Å². The first-order valence-electron chi connectivity index (χ1n) is 2.81. The standard InChI is InChI=1S/C5H12O4.Na.H2O/c1-2-9-5(8)4(7)3-6;;/h4-8H,2-3H2,1H3;;1H2/q;+1;/p-1. The average molecular weight is 176 g/mol. The molecule has 0 bridgehead atoms. The number of ether oxygens (including phenoxy) is 1. The van der Waals surface area contributed by atoms with E-state index in [4.69, 9.17) is 15.3 Å². The predicted molar refractivity (Wildman–Crippen MR) is 32.7 cm³/mol. The maximum Gasteiger partial charge on any atom is 1.00 e. The van der Waals surface area contributed by atoms with E-state index < -0.39 is 19.0 Å². The summed E-state index contributed by atoms with van der Waals surface area (Å²) in [5, 5.41) is 25.6. The first-order valence-corrected chi connectivity index (χ1v) is 2.81. The quantitative estimate of drug-likeness (QED) is 0.296. The van der Waals surface area contributed by atoms with Gasteiger partial charge in [-0.1, -0.05) is 0 Å². The molecule has 2 atom stereocenters. The Morgan fingerprint density at radius 3 is 2.09 bits per heavy atom. The molecule has 0 aromatic carbocycles. The van der Waals surface area contributed by atoms with Gasteiger partial charge in [-0.3, -0.25) is 0 Å². The maximum atomic E-state index is 8.69. The summed E-state index contributed by atoms with van der Waals surface area (Å²) in [6.45, 7) is 1.52. The number of hydrogen-bond acceptors (Lipinski definition) is 5. The molecule has 0 rings (SSSR count). The minimum Gasteiger partial charge on any atom is -0.870 e. The molecule has 0 aromatic rings. The second-order valence-corrected chi connectivity index (χ2v) is 1.60. The molecule has 11 heavy (non-hydrogen) atoms. The van der Waals surface area contributed by atoms with Crippen LogP contribution in [0.15, 0.2) is 0 Å². The molecule has 0 aliphatic rings. The molecule has 0 aliphatic heterocycles. The van der Waals surface area contributed by atoms with E-state index in [-0.39, 0.29) is 35.0 Å². The van der Waals surface area contributed by atoms with E-state index in [0.29, 0.717) is 6.61 Å². The third-order valence-electron chi connectivity index (χ3n) is 0.854. The van der Waals surface area contributed by atoms with Crippen molar-refractivity contribution in [3.8, 4) is 0 Å². The van der Waals surface area contributed by atoms with Gasteiger partial charge >= 0.3 is 29.6 Å². The minimum absolute atomic E-state index is 0. The van der Waals surface area contributed by atoms with Gasteiger partial charge < -0.3 is 25.5 Å². The van der Waals surface area contributed by atoms with Gasteiger partial charge in [-0.2, -0.15) is 0 Å². The topological polar surface area (TPSA) is 99.9 Å². The number of aliphatic hydroxyl groups excluding tert-OH is 3. The van der Waals surface area contributed by atoms with Crippen LogP contribution in [0.3, 0.4) is 0 Å². The van der Waals surface area contributed by atoms with Gasteiger partial charge in [-0.05, 0) is 6.92 Å². The molecular weight excluding hydrogens is 163 g/mol. The van der Waals surface area contributed by atoms with Gasteiger partial charge in [0, 0.05) is 6.61 Å². The largest absolute Gasteiger partial charge is 1.00 e. The Labute approximate surface area is 87.6 Å². The first kappa shape index (κ1) is 17.8. The zero-order chi connectivity index (χ0) is 7.28. The summed E-state index contributed by atoms with van der Waals surface area (Å²) in [7, 11) is 0. The SMILES string of the molecule is CCOC(O)C(O)CO.[Na+].[OH-]. The van der Waals surface area contributed by atoms with Crippen molar-refractivity contribution in [2.45, 2.75) is 19.3 Å². The van der Waals surface area contributed by atoms with E-state index >= 15 is 0 Å². The van der Waals surface area contributed by atoms with Crippen LogP contribution < -0.4 is 29.6 Å². The number of aliphatic hydroxyl groups is 3. The van der Waals surface area contributed by atoms with Gasteiger partial charge in [0.15, 0.2) is 6.29 Å². The monoisotopic (exact) mass is 176 g/mol. The van der Waals surface area contributed by atoms with E-state index in [1.165, 1.54) is 0 Å². The van der Waals surface area contributed by atoms with Gasteiger partial charge in [0.1, 0.15) is 6.10 Å². The molecule has 64 valence electrons. The van der Waals surface area contributed by atoms with Crippen LogP contribution in [-0.4, -0.2) is 46.4 Å². The van der Waals surface area contributed by atoms with Crippen molar-refractivity contribution in [1.29, 1.82) is 0 Å². The van der Waals surface area contributed by atoms with Crippen LogP contribution in [0.25, 0.3) is 0 Å². The van der Waals surface area contributed by atoms with Crippen LogP contribution in [0, 0.1) is 0 Å². The molecule has 0 saturated carbocycles. The van der Waals surface area contributed by atoms with Gasteiger partial charge in [0.25, 0.3) is 0 Å². The molecule has 0 amide bonds. The van der Waals surface area contributed by atoms with E-state index in [2.05, 4.69) is 4.74 Å². The Morgan fingerprint density at radius 2 is 1.82 bits per heavy atom. The third kappa shape index (κ3) is 8.71. The van der Waals surface area contributed by atoms with E-state index in [9.17, 15) is 0 Å². The molecule has 0 aliphatic carbocycles. The summed E-state index contributed by atoms with van der Waals surface area (Å²) in [4.78, 5) is 0. The summed E-state index contributed by atoms with van der Waals surface area (Å²) in [6.07, 6.45) is -2.45. The number of rotatable bonds is 4. The third-order valence-corrected chi connectivity index (χ3v) is 0.854. The molecule has 0 radical (unpaired) electrons. The van der Waals surface area contributed by atoms with Gasteiger partial charge in [-0.25, -0.2) is 0 Å². The Balaban J connectivity index is -0.000000320. The van der Waals surface area contributed by atoms with Crippen molar-refractivity contribution in [3.05, 3.63) is 0 Å². The molecule has 6 heteroatoms. The van der Waals surface area contributed by atoms with Crippen molar-refractivity contribution in [2.24, 2.45) is 0 Å². The van der Waals surface area contributed by atoms with E-state index in [0.717, 1.165) is 0 Å². The van der Waals surface area contributed by atoms with Crippen molar-refractivity contribution in [3.63, 3.8) is 0 Å². The molecule has 0 fully saturated rings. The summed E-state index contributed by atoms with van der Waals surface area (Å²) in [5.74, 6) is 0. The molecule has 0 heterocycles. The molecule has 0 saturated heterocycles. The normalized spacial score (nSPS) is 14.2. The average Bonchev–Trinajstić information content (AvgIpc) is 1.87. The molecule has 0 spiro atoms. The van der Waals surface area contributed by atoms with Gasteiger partial charge in [0.2, 0.25) is 0 Å². The van der Waals surface area contributed by atoms with Crippen molar-refractivity contribution in [2.75, 3.05) is 13.2 Å². The molecule has 0 aromatic heterocycles. The Kier molecular flexibility index (Phi) is 17.4. The Morgan fingerprint density at radius 1 is 1.36 bits per heavy atom. The van der Waals surface area contributed by atoms with Crippen LogP contribution in [0.2, 0.25) is 0 Å². The fourth-order valence-electron chi connectivity index (χ4n) is 0.372. The summed E-state index contributed by atoms with van der Waals surface area (Å²) < 4.78 is 4.54. The van der Waals surface area contributed by atoms with Gasteiger partial charge in [0.05, 0.1) is 6.61 Å². The summed E-state index contributed by atoms with van der Waals surface area (Å²) in [6, 6.07) is 0. The fourth-order valence-corrected chi connectivity index (χ4v) is 0.372. The molecule has 2 unspecified atom stereocenters. The maximum absolute atomic E-state index is 8.69. The molecule has 4 N–H and O–H groups in total. The Bertz CT molecular complexity index is 71.9. The van der Waals surface area contributed by atoms with Crippen LogP contribution in [0.5, 0.6) is 0 Å². The van der Waals surface area contributed by atoms with Crippen molar-refractivity contribution >= 4 is 0 Å². The summed E-state index contributed by atoms with van der Waals surface area (Å²) in [5.41, 5.74) is 0. The zero-order valence-corrected chi connectivity index (χ0v) is 8.77. The second kappa shape index (κ2) is 10.8. The van der Waals surface area contributed by atoms with E-state index in [1.54, 1.807) is 6.92 Å². The summed E-state index contributed by atoms with van der Waals surface area (Å²) >= 11 is 0. The van der Waals surface area contributed by atoms with Crippen LogP contribution in [0.1, 0.15) is 6.92 Å². The zero-order valence-electron chi connectivity index (χ0n) is 6.77. The predicted octanol–water partition coefficient (Wildman–Crippen LogP) is -4.48. The van der Waals surface area contributed by atoms with Crippen LogP contribution in [-0.2, 0) is 4.74 Å². The van der Waals surface area contributed by atoms with Crippen LogP contribution in [0.4, 0.5) is 0 Å². The number of hydrogen-bond donors (Lipinski definition) is 3. The smallest absolute Gasteiger partial charge is 0.870 e. The van der Waals surface area contributed by atoms with Crippen LogP contribution >= 0.6 is 0 Å². The molecular formula is C5H13NaO5.